The first kappa shape index (κ1) is 38.9. The molecule has 3 heterocycles. The lowest BCUT2D eigenvalue weighted by Crippen LogP contribution is -2.59. The van der Waals surface area contributed by atoms with E-state index in [2.05, 4.69) is 29.6 Å². The fourth-order valence-electron chi connectivity index (χ4n) is 8.22. The zero-order valence-electron chi connectivity index (χ0n) is 30.5. The molecule has 10 heteroatoms. The predicted molar refractivity (Wildman–Crippen MR) is 179 cm³/mol. The van der Waals surface area contributed by atoms with Crippen LogP contribution < -0.4 is 0 Å². The number of aliphatic hydroxyl groups excluding tert-OH is 1. The number of carbonyl (C=O) groups excluding carboxylic acids is 2. The molecule has 0 bridgehead atoms. The summed E-state index contributed by atoms with van der Waals surface area (Å²) in [5.74, 6) is 1.56. The summed E-state index contributed by atoms with van der Waals surface area (Å²) in [6, 6.07) is -0.187. The molecule has 1 unspecified atom stereocenters. The van der Waals surface area contributed by atoms with Crippen LogP contribution in [0.3, 0.4) is 0 Å². The van der Waals surface area contributed by atoms with E-state index in [1.54, 1.807) is 27.9 Å². The standard InChI is InChI=1S/C36H63N3O7/c1-13-17-39-18-15-27(16-19-39)36(14-2)23-44-33(42)34(6,7)30(41)26(5)31(35(8,43-12)21-24(3)22-38(36)11)46-32-29(40)28(37(9)10)20-25(4)45-32/h2,24-29,31-32,40H,13,15-23H2,1,3-12H3/t24-,25?,26+,28+,29-,31-,32+,35-,36+/m1/s1. The molecule has 1 N–H and O–H groups in total. The predicted octanol–water partition coefficient (Wildman–Crippen LogP) is 3.44. The number of piperidine rings is 1. The van der Waals surface area contributed by atoms with Gasteiger partial charge in [0.15, 0.2) is 12.1 Å². The fraction of sp³-hybridized carbons (Fsp3) is 0.889. The van der Waals surface area contributed by atoms with Crippen molar-refractivity contribution in [2.24, 2.45) is 23.2 Å². The summed E-state index contributed by atoms with van der Waals surface area (Å²) < 4.78 is 25.1. The van der Waals surface area contributed by atoms with E-state index >= 15 is 0 Å². The zero-order valence-corrected chi connectivity index (χ0v) is 30.5. The number of nitrogens with zero attached hydrogens (tertiary/aromatic N) is 3. The molecule has 0 aromatic heterocycles. The third-order valence-electron chi connectivity index (χ3n) is 11.1. The van der Waals surface area contributed by atoms with Gasteiger partial charge in [0, 0.05) is 25.6 Å². The second-order valence-corrected chi connectivity index (χ2v) is 15.4. The Morgan fingerprint density at radius 2 is 1.76 bits per heavy atom. The van der Waals surface area contributed by atoms with E-state index in [-0.39, 0.29) is 36.4 Å². The number of Topliss-reactive ketones (excluding diaryl/α,β-unsaturated/α-hetero) is 1. The Morgan fingerprint density at radius 1 is 1.13 bits per heavy atom. The zero-order chi connectivity index (χ0) is 34.6. The number of ether oxygens (including phenoxy) is 4. The SMILES string of the molecule is C#C[C@@]1(C2CCN(CCC)CC2)COC(=O)C(C)(C)C(=O)[C@H](C)[C@@H](O[C@@H]2OC(C)C[C@H](N(C)C)[C@H]2O)[C@](C)(OC)C[C@@H](C)CN1C. The first-order chi connectivity index (χ1) is 21.5. The van der Waals surface area contributed by atoms with Crippen LogP contribution in [0.25, 0.3) is 0 Å². The van der Waals surface area contributed by atoms with Crippen molar-refractivity contribution < 1.29 is 33.6 Å². The van der Waals surface area contributed by atoms with Crippen LogP contribution in [0.5, 0.6) is 0 Å². The van der Waals surface area contributed by atoms with Crippen molar-refractivity contribution in [3.8, 4) is 12.3 Å². The molecule has 3 rings (SSSR count). The molecule has 0 aromatic rings. The molecule has 3 aliphatic heterocycles. The number of hydrogen-bond donors (Lipinski definition) is 1. The van der Waals surface area contributed by atoms with Crippen LogP contribution in [-0.2, 0) is 28.5 Å². The van der Waals surface area contributed by atoms with Gasteiger partial charge in [0.2, 0.25) is 0 Å². The lowest BCUT2D eigenvalue weighted by atomic mass is 9.74. The summed E-state index contributed by atoms with van der Waals surface area (Å²) in [7, 11) is 7.49. The maximum atomic E-state index is 14.3. The van der Waals surface area contributed by atoms with Crippen molar-refractivity contribution in [3.05, 3.63) is 0 Å². The number of hydrogen-bond acceptors (Lipinski definition) is 10. The van der Waals surface area contributed by atoms with Gasteiger partial charge in [0.1, 0.15) is 23.7 Å². The first-order valence-electron chi connectivity index (χ1n) is 17.3. The average molecular weight is 650 g/mol. The lowest BCUT2D eigenvalue weighted by Gasteiger charge is -2.48. The average Bonchev–Trinajstić information content (AvgIpc) is 3.00. The third-order valence-corrected chi connectivity index (χ3v) is 11.1. The van der Waals surface area contributed by atoms with Gasteiger partial charge in [-0.3, -0.25) is 14.5 Å². The maximum absolute atomic E-state index is 14.3. The molecular weight excluding hydrogens is 586 g/mol. The Bertz CT molecular complexity index is 1070. The monoisotopic (exact) mass is 649 g/mol. The van der Waals surface area contributed by atoms with Gasteiger partial charge in [-0.05, 0) is 112 Å². The van der Waals surface area contributed by atoms with E-state index in [1.807, 2.05) is 39.9 Å². The van der Waals surface area contributed by atoms with Gasteiger partial charge in [-0.15, -0.1) is 6.42 Å². The second-order valence-electron chi connectivity index (χ2n) is 15.4. The number of aliphatic hydroxyl groups is 1. The van der Waals surface area contributed by atoms with Gasteiger partial charge in [-0.25, -0.2) is 0 Å². The van der Waals surface area contributed by atoms with Crippen molar-refractivity contribution >= 4 is 11.8 Å². The molecule has 46 heavy (non-hydrogen) atoms. The summed E-state index contributed by atoms with van der Waals surface area (Å²) in [6.07, 6.45) is 7.55. The van der Waals surface area contributed by atoms with E-state index in [9.17, 15) is 14.7 Å². The first-order valence-corrected chi connectivity index (χ1v) is 17.3. The lowest BCUT2D eigenvalue weighted by molar-refractivity contribution is -0.295. The Balaban J connectivity index is 2.03. The van der Waals surface area contributed by atoms with Crippen molar-refractivity contribution in [1.29, 1.82) is 0 Å². The van der Waals surface area contributed by atoms with Crippen molar-refractivity contribution in [3.63, 3.8) is 0 Å². The van der Waals surface area contributed by atoms with Crippen molar-refractivity contribution in [1.82, 2.24) is 14.7 Å². The molecular formula is C36H63N3O7. The van der Waals surface area contributed by atoms with Crippen LogP contribution in [0.1, 0.15) is 80.6 Å². The summed E-state index contributed by atoms with van der Waals surface area (Å²) in [5, 5.41) is 11.4. The molecule has 0 saturated carbocycles. The summed E-state index contributed by atoms with van der Waals surface area (Å²) >= 11 is 0. The Hall–Kier alpha value is -1.58. The molecule has 0 amide bonds. The smallest absolute Gasteiger partial charge is 0.319 e. The van der Waals surface area contributed by atoms with Crippen LogP contribution in [0.2, 0.25) is 0 Å². The quantitative estimate of drug-likeness (QED) is 0.251. The number of likely N-dealkylation sites (N-methyl/N-ethyl adjacent to an activating group) is 2. The molecule has 0 radical (unpaired) electrons. The van der Waals surface area contributed by atoms with E-state index in [0.29, 0.717) is 19.4 Å². The highest BCUT2D eigenvalue weighted by Crippen LogP contribution is 2.40. The largest absolute Gasteiger partial charge is 0.462 e. The number of likely N-dealkylation sites (tertiary alicyclic amines) is 1. The van der Waals surface area contributed by atoms with Crippen molar-refractivity contribution in [2.45, 2.75) is 122 Å². The van der Waals surface area contributed by atoms with Gasteiger partial charge in [-0.2, -0.15) is 0 Å². The normalized spacial score (nSPS) is 39.6. The fourth-order valence-corrected chi connectivity index (χ4v) is 8.22. The molecule has 0 spiro atoms. The van der Waals surface area contributed by atoms with Gasteiger partial charge in [0.25, 0.3) is 0 Å². The van der Waals surface area contributed by atoms with Crippen LogP contribution in [-0.4, -0.2) is 134 Å². The minimum absolute atomic E-state index is 0.0164. The maximum Gasteiger partial charge on any atom is 0.319 e. The molecule has 3 saturated heterocycles. The number of terminal acetylenes is 1. The van der Waals surface area contributed by atoms with Crippen LogP contribution in [0.4, 0.5) is 0 Å². The number of cyclic esters (lactones) is 1. The van der Waals surface area contributed by atoms with Gasteiger partial charge < -0.3 is 33.9 Å². The molecule has 0 aliphatic carbocycles. The highest BCUT2D eigenvalue weighted by atomic mass is 16.7. The second kappa shape index (κ2) is 15.8. The number of methoxy groups -OCH3 is 1. The van der Waals surface area contributed by atoms with Crippen LogP contribution in [0.15, 0.2) is 0 Å². The topological polar surface area (TPSA) is 101 Å². The summed E-state index contributed by atoms with van der Waals surface area (Å²) in [6.45, 7) is 16.8. The van der Waals surface area contributed by atoms with E-state index < -0.39 is 46.9 Å². The van der Waals surface area contributed by atoms with Crippen LogP contribution in [0, 0.1) is 35.5 Å². The molecule has 264 valence electrons. The molecule has 3 fully saturated rings. The molecule has 9 atom stereocenters. The number of esters is 1. The highest BCUT2D eigenvalue weighted by Gasteiger charge is 2.53. The highest BCUT2D eigenvalue weighted by molar-refractivity contribution is 6.04. The van der Waals surface area contributed by atoms with Crippen molar-refractivity contribution in [2.75, 3.05) is 61.0 Å². The summed E-state index contributed by atoms with van der Waals surface area (Å²) in [5.41, 5.74) is -3.27. The Kier molecular flexibility index (Phi) is 13.3. The van der Waals surface area contributed by atoms with Gasteiger partial charge in [0.05, 0.1) is 17.8 Å². The third kappa shape index (κ3) is 8.16. The minimum atomic E-state index is -1.48. The van der Waals surface area contributed by atoms with Gasteiger partial charge >= 0.3 is 5.97 Å². The molecule has 0 aromatic carbocycles. The Labute approximate surface area is 278 Å². The van der Waals surface area contributed by atoms with E-state index in [1.165, 1.54) is 0 Å². The Morgan fingerprint density at radius 3 is 2.30 bits per heavy atom. The van der Waals surface area contributed by atoms with Crippen LogP contribution >= 0.6 is 0 Å². The molecule has 10 nitrogen and oxygen atoms in total. The number of carbonyl (C=O) groups is 2. The molecule has 3 aliphatic rings. The van der Waals surface area contributed by atoms with E-state index in [0.717, 1.165) is 38.9 Å². The minimum Gasteiger partial charge on any atom is -0.462 e. The number of rotatable bonds is 7. The van der Waals surface area contributed by atoms with E-state index in [4.69, 9.17) is 25.4 Å². The van der Waals surface area contributed by atoms with Gasteiger partial charge in [-0.1, -0.05) is 26.7 Å². The number of ketones is 1. The summed E-state index contributed by atoms with van der Waals surface area (Å²) in [4.78, 5) is 34.8.